The lowest BCUT2D eigenvalue weighted by Crippen LogP contribution is -2.26. The molecule has 0 spiro atoms. The number of rotatable bonds is 2. The molecule has 3 nitrogen and oxygen atoms in total. The first-order valence-electron chi connectivity index (χ1n) is 5.50. The molecule has 1 aromatic rings. The van der Waals surface area contributed by atoms with E-state index < -0.39 is 0 Å². The van der Waals surface area contributed by atoms with Crippen molar-refractivity contribution in [1.82, 2.24) is 4.98 Å². The fourth-order valence-corrected chi connectivity index (χ4v) is 1.15. The molecule has 0 aromatic carbocycles. The number of ether oxygens (including phenoxy) is 2. The zero-order valence-electron chi connectivity index (χ0n) is 11.0. The molecule has 1 heterocycles. The van der Waals surface area contributed by atoms with Gasteiger partial charge in [0.25, 0.3) is 5.88 Å². The van der Waals surface area contributed by atoms with Crippen LogP contribution in [0.25, 0.3) is 0 Å². The van der Waals surface area contributed by atoms with E-state index in [-0.39, 0.29) is 11.2 Å². The van der Waals surface area contributed by atoms with Gasteiger partial charge >= 0.3 is 0 Å². The van der Waals surface area contributed by atoms with Crippen LogP contribution in [-0.4, -0.2) is 16.2 Å². The molecule has 0 amide bonds. The SMILES string of the molecule is CC(C)(C)Oc1cccnc1OC(C)(C)C. The first-order valence-corrected chi connectivity index (χ1v) is 5.50. The van der Waals surface area contributed by atoms with Gasteiger partial charge in [0.1, 0.15) is 11.2 Å². The van der Waals surface area contributed by atoms with Crippen molar-refractivity contribution < 1.29 is 9.47 Å². The summed E-state index contributed by atoms with van der Waals surface area (Å²) in [5, 5.41) is 0. The lowest BCUT2D eigenvalue weighted by Gasteiger charge is -2.26. The predicted octanol–water partition coefficient (Wildman–Crippen LogP) is 3.44. The van der Waals surface area contributed by atoms with Crippen LogP contribution >= 0.6 is 0 Å². The van der Waals surface area contributed by atoms with Gasteiger partial charge in [-0.05, 0) is 53.7 Å². The Labute approximate surface area is 97.8 Å². The van der Waals surface area contributed by atoms with Gasteiger partial charge < -0.3 is 9.47 Å². The van der Waals surface area contributed by atoms with E-state index in [1.807, 2.05) is 53.7 Å². The molecule has 0 aliphatic heterocycles. The highest BCUT2D eigenvalue weighted by Gasteiger charge is 2.19. The van der Waals surface area contributed by atoms with Crippen molar-refractivity contribution in [2.24, 2.45) is 0 Å². The number of aromatic nitrogens is 1. The zero-order valence-corrected chi connectivity index (χ0v) is 11.0. The Hall–Kier alpha value is -1.25. The third kappa shape index (κ3) is 4.51. The lowest BCUT2D eigenvalue weighted by atomic mass is 10.2. The maximum absolute atomic E-state index is 5.79. The van der Waals surface area contributed by atoms with Crippen LogP contribution < -0.4 is 9.47 Å². The standard InChI is InChI=1S/C13H21NO2/c1-12(2,3)15-10-8-7-9-14-11(10)16-13(4,5)6/h7-9H,1-6H3. The van der Waals surface area contributed by atoms with Crippen LogP contribution in [0.3, 0.4) is 0 Å². The Bertz CT molecular complexity index is 313. The summed E-state index contributed by atoms with van der Waals surface area (Å²) >= 11 is 0. The van der Waals surface area contributed by atoms with E-state index in [1.54, 1.807) is 6.20 Å². The fraction of sp³-hybridized carbons (Fsp3) is 0.615. The first-order chi connectivity index (χ1) is 7.17. The summed E-state index contributed by atoms with van der Waals surface area (Å²) in [5.74, 6) is 1.23. The Balaban J connectivity index is 2.92. The number of nitrogens with zero attached hydrogens (tertiary/aromatic N) is 1. The van der Waals surface area contributed by atoms with E-state index in [4.69, 9.17) is 9.47 Å². The fourth-order valence-electron chi connectivity index (χ4n) is 1.15. The van der Waals surface area contributed by atoms with Gasteiger partial charge in [0, 0.05) is 6.20 Å². The third-order valence-corrected chi connectivity index (χ3v) is 1.56. The predicted molar refractivity (Wildman–Crippen MR) is 65.0 cm³/mol. The quantitative estimate of drug-likeness (QED) is 0.769. The van der Waals surface area contributed by atoms with Crippen LogP contribution in [0, 0.1) is 0 Å². The smallest absolute Gasteiger partial charge is 0.257 e. The molecule has 0 saturated carbocycles. The summed E-state index contributed by atoms with van der Waals surface area (Å²) in [6.07, 6.45) is 1.70. The second kappa shape index (κ2) is 4.32. The van der Waals surface area contributed by atoms with Crippen molar-refractivity contribution in [2.75, 3.05) is 0 Å². The van der Waals surface area contributed by atoms with Crippen molar-refractivity contribution in [1.29, 1.82) is 0 Å². The van der Waals surface area contributed by atoms with Crippen LogP contribution in [0.1, 0.15) is 41.5 Å². The summed E-state index contributed by atoms with van der Waals surface area (Å²) in [6.45, 7) is 12.0. The Morgan fingerprint density at radius 2 is 1.50 bits per heavy atom. The van der Waals surface area contributed by atoms with Crippen LogP contribution in [0.15, 0.2) is 18.3 Å². The van der Waals surface area contributed by atoms with Gasteiger partial charge in [-0.1, -0.05) is 0 Å². The van der Waals surface area contributed by atoms with Crippen LogP contribution in [0.2, 0.25) is 0 Å². The topological polar surface area (TPSA) is 31.4 Å². The maximum atomic E-state index is 5.79. The molecule has 0 N–H and O–H groups in total. The molecule has 0 unspecified atom stereocenters. The molecular formula is C13H21NO2. The molecule has 0 fully saturated rings. The highest BCUT2D eigenvalue weighted by atomic mass is 16.5. The summed E-state index contributed by atoms with van der Waals surface area (Å²) in [5.41, 5.74) is -0.524. The average Bonchev–Trinajstić information content (AvgIpc) is 2.03. The maximum Gasteiger partial charge on any atom is 0.257 e. The van der Waals surface area contributed by atoms with Gasteiger partial charge in [0.15, 0.2) is 5.75 Å². The van der Waals surface area contributed by atoms with Gasteiger partial charge in [-0.25, -0.2) is 4.98 Å². The van der Waals surface area contributed by atoms with Crippen LogP contribution in [0.4, 0.5) is 0 Å². The van der Waals surface area contributed by atoms with E-state index in [0.29, 0.717) is 11.6 Å². The molecule has 0 atom stereocenters. The molecule has 16 heavy (non-hydrogen) atoms. The van der Waals surface area contributed by atoms with Crippen molar-refractivity contribution in [3.05, 3.63) is 18.3 Å². The van der Waals surface area contributed by atoms with Gasteiger partial charge in [-0.3, -0.25) is 0 Å². The van der Waals surface area contributed by atoms with Gasteiger partial charge in [0.2, 0.25) is 0 Å². The Morgan fingerprint density at radius 1 is 0.938 bits per heavy atom. The van der Waals surface area contributed by atoms with E-state index in [0.717, 1.165) is 0 Å². The van der Waals surface area contributed by atoms with E-state index in [9.17, 15) is 0 Å². The van der Waals surface area contributed by atoms with Crippen LogP contribution in [-0.2, 0) is 0 Å². The first kappa shape index (κ1) is 12.8. The molecule has 1 aromatic heterocycles. The van der Waals surface area contributed by atoms with Gasteiger partial charge in [0.05, 0.1) is 0 Å². The minimum atomic E-state index is -0.273. The molecule has 0 saturated heterocycles. The van der Waals surface area contributed by atoms with Gasteiger partial charge in [-0.15, -0.1) is 0 Å². The van der Waals surface area contributed by atoms with Crippen molar-refractivity contribution in [2.45, 2.75) is 52.7 Å². The van der Waals surface area contributed by atoms with E-state index in [2.05, 4.69) is 4.98 Å². The molecular weight excluding hydrogens is 202 g/mol. The Morgan fingerprint density at radius 3 is 2.00 bits per heavy atom. The number of pyridine rings is 1. The monoisotopic (exact) mass is 223 g/mol. The van der Waals surface area contributed by atoms with Crippen molar-refractivity contribution in [3.63, 3.8) is 0 Å². The lowest BCUT2D eigenvalue weighted by molar-refractivity contribution is 0.0906. The minimum Gasteiger partial charge on any atom is -0.482 e. The molecule has 90 valence electrons. The second-order valence-corrected chi connectivity index (χ2v) is 5.74. The van der Waals surface area contributed by atoms with Crippen molar-refractivity contribution >= 4 is 0 Å². The molecule has 3 heteroatoms. The molecule has 0 radical (unpaired) electrons. The zero-order chi connectivity index (χ0) is 12.4. The second-order valence-electron chi connectivity index (χ2n) is 5.74. The third-order valence-electron chi connectivity index (χ3n) is 1.56. The summed E-state index contributed by atoms with van der Waals surface area (Å²) in [4.78, 5) is 4.20. The largest absolute Gasteiger partial charge is 0.482 e. The molecule has 0 aliphatic carbocycles. The minimum absolute atomic E-state index is 0.251. The normalized spacial score (nSPS) is 12.4. The molecule has 0 aliphatic rings. The number of hydrogen-bond donors (Lipinski definition) is 0. The highest BCUT2D eigenvalue weighted by molar-refractivity contribution is 5.33. The number of hydrogen-bond acceptors (Lipinski definition) is 3. The Kier molecular flexibility index (Phi) is 3.46. The summed E-state index contributed by atoms with van der Waals surface area (Å²) in [6, 6.07) is 3.72. The average molecular weight is 223 g/mol. The van der Waals surface area contributed by atoms with E-state index in [1.165, 1.54) is 0 Å². The van der Waals surface area contributed by atoms with Gasteiger partial charge in [-0.2, -0.15) is 0 Å². The van der Waals surface area contributed by atoms with E-state index >= 15 is 0 Å². The molecule has 0 bridgehead atoms. The summed E-state index contributed by atoms with van der Waals surface area (Å²) in [7, 11) is 0. The van der Waals surface area contributed by atoms with Crippen LogP contribution in [0.5, 0.6) is 11.6 Å². The summed E-state index contributed by atoms with van der Waals surface area (Å²) < 4.78 is 11.5. The molecule has 1 rings (SSSR count). The highest BCUT2D eigenvalue weighted by Crippen LogP contribution is 2.29. The van der Waals surface area contributed by atoms with Crippen molar-refractivity contribution in [3.8, 4) is 11.6 Å².